The molecule has 0 saturated heterocycles. The molecule has 1 heterocycles. The quantitative estimate of drug-likeness (QED) is 0.737. The fourth-order valence-corrected chi connectivity index (χ4v) is 0.694. The second-order valence-electron chi connectivity index (χ2n) is 2.66. The van der Waals surface area contributed by atoms with Crippen LogP contribution in [0.25, 0.3) is 0 Å². The van der Waals surface area contributed by atoms with E-state index in [0.717, 1.165) is 11.4 Å². The molecular weight excluding hydrogens is 308 g/mol. The number of hydrogen-bond donors (Lipinski definition) is 0. The standard InChI is InChI=1S/C8H11N2.W/c1-6(2)8-5-9-4-7(3)10-8;/h4,6H,1-3H3;/q-1;. The summed E-state index contributed by atoms with van der Waals surface area (Å²) in [5.41, 5.74) is 1.91. The molecule has 0 aliphatic heterocycles. The van der Waals surface area contributed by atoms with Gasteiger partial charge >= 0.3 is 0 Å². The van der Waals surface area contributed by atoms with Gasteiger partial charge in [-0.05, 0) is 24.2 Å². The molecule has 0 aliphatic carbocycles. The van der Waals surface area contributed by atoms with Gasteiger partial charge in [0.2, 0.25) is 0 Å². The zero-order chi connectivity index (χ0) is 7.56. The Hall–Kier alpha value is -0.232. The molecule has 0 aromatic carbocycles. The van der Waals surface area contributed by atoms with Crippen molar-refractivity contribution in [2.45, 2.75) is 26.7 Å². The molecule has 0 N–H and O–H groups in total. The molecule has 0 aliphatic rings. The summed E-state index contributed by atoms with van der Waals surface area (Å²) >= 11 is 0. The van der Waals surface area contributed by atoms with Gasteiger partial charge in [-0.2, -0.15) is 0 Å². The van der Waals surface area contributed by atoms with Crippen molar-refractivity contribution < 1.29 is 21.1 Å². The average Bonchev–Trinajstić information content (AvgIpc) is 1.88. The second kappa shape index (κ2) is 4.61. The van der Waals surface area contributed by atoms with Crippen LogP contribution < -0.4 is 0 Å². The number of hydrogen-bond acceptors (Lipinski definition) is 2. The zero-order valence-electron chi connectivity index (χ0n) is 6.96. The monoisotopic (exact) mass is 319 g/mol. The van der Waals surface area contributed by atoms with Crippen LogP contribution in [0.1, 0.15) is 31.2 Å². The second-order valence-corrected chi connectivity index (χ2v) is 2.66. The zero-order valence-corrected chi connectivity index (χ0v) is 9.89. The van der Waals surface area contributed by atoms with E-state index in [0.29, 0.717) is 5.92 Å². The normalized spacial score (nSPS) is 9.45. The molecule has 1 aromatic rings. The first-order chi connectivity index (χ1) is 4.70. The van der Waals surface area contributed by atoms with Crippen molar-refractivity contribution in [3.63, 3.8) is 0 Å². The van der Waals surface area contributed by atoms with E-state index < -0.39 is 0 Å². The van der Waals surface area contributed by atoms with E-state index in [-0.39, 0.29) is 21.1 Å². The van der Waals surface area contributed by atoms with E-state index in [9.17, 15) is 0 Å². The van der Waals surface area contributed by atoms with Crippen LogP contribution >= 0.6 is 0 Å². The van der Waals surface area contributed by atoms with Gasteiger partial charge in [0.25, 0.3) is 0 Å². The van der Waals surface area contributed by atoms with E-state index >= 15 is 0 Å². The maximum atomic E-state index is 4.25. The summed E-state index contributed by atoms with van der Waals surface area (Å²) in [6.07, 6.45) is 4.56. The molecule has 2 nitrogen and oxygen atoms in total. The number of aryl methyl sites for hydroxylation is 1. The Bertz CT molecular complexity index is 223. The minimum absolute atomic E-state index is 0. The van der Waals surface area contributed by atoms with Crippen molar-refractivity contribution in [2.75, 3.05) is 0 Å². The van der Waals surface area contributed by atoms with Crippen LogP contribution in [0.4, 0.5) is 0 Å². The number of nitrogens with zero attached hydrogens (tertiary/aromatic N) is 2. The molecule has 0 bridgehead atoms. The molecule has 60 valence electrons. The van der Waals surface area contributed by atoms with Gasteiger partial charge < -0.3 is 4.98 Å². The molecule has 11 heavy (non-hydrogen) atoms. The molecule has 0 unspecified atom stereocenters. The van der Waals surface area contributed by atoms with Gasteiger partial charge in [0.15, 0.2) is 0 Å². The predicted molar refractivity (Wildman–Crippen MR) is 39.7 cm³/mol. The molecule has 0 fully saturated rings. The van der Waals surface area contributed by atoms with E-state index in [1.54, 1.807) is 6.20 Å². The third-order valence-corrected chi connectivity index (χ3v) is 1.27. The fraction of sp³-hybridized carbons (Fsp3) is 0.500. The predicted octanol–water partition coefficient (Wildman–Crippen LogP) is 1.71. The van der Waals surface area contributed by atoms with Crippen molar-refractivity contribution >= 4 is 0 Å². The molecule has 0 radical (unpaired) electrons. The Labute approximate surface area is 81.7 Å². The Morgan fingerprint density at radius 2 is 2.09 bits per heavy atom. The minimum Gasteiger partial charge on any atom is -0.456 e. The maximum Gasteiger partial charge on any atom is 0 e. The van der Waals surface area contributed by atoms with Crippen LogP contribution in [-0.2, 0) is 21.1 Å². The minimum atomic E-state index is 0. The van der Waals surface area contributed by atoms with Crippen LogP contribution in [0.5, 0.6) is 0 Å². The smallest absolute Gasteiger partial charge is 0 e. The van der Waals surface area contributed by atoms with Crippen molar-refractivity contribution in [1.82, 2.24) is 9.97 Å². The third-order valence-electron chi connectivity index (χ3n) is 1.27. The molecule has 1 rings (SSSR count). The van der Waals surface area contributed by atoms with Gasteiger partial charge in [-0.15, -0.1) is 12.4 Å². The van der Waals surface area contributed by atoms with Crippen LogP contribution in [0, 0.1) is 13.1 Å². The summed E-state index contributed by atoms with van der Waals surface area (Å²) < 4.78 is 0. The van der Waals surface area contributed by atoms with Crippen molar-refractivity contribution in [2.24, 2.45) is 0 Å². The average molecular weight is 319 g/mol. The van der Waals surface area contributed by atoms with Crippen molar-refractivity contribution in [3.05, 3.63) is 23.8 Å². The van der Waals surface area contributed by atoms with Gasteiger partial charge in [0.1, 0.15) is 0 Å². The summed E-state index contributed by atoms with van der Waals surface area (Å²) in [6.45, 7) is 6.10. The van der Waals surface area contributed by atoms with Crippen LogP contribution in [0.15, 0.2) is 6.20 Å². The first kappa shape index (κ1) is 10.8. The molecule has 3 heteroatoms. The van der Waals surface area contributed by atoms with Gasteiger partial charge in [0.05, 0.1) is 0 Å². The summed E-state index contributed by atoms with van der Waals surface area (Å²) in [6, 6.07) is 0. The van der Waals surface area contributed by atoms with Crippen LogP contribution in [-0.4, -0.2) is 9.97 Å². The Balaban J connectivity index is 0.000001000. The Morgan fingerprint density at radius 1 is 1.45 bits per heavy atom. The Kier molecular flexibility index (Phi) is 4.51. The first-order valence-electron chi connectivity index (χ1n) is 3.41. The number of aromatic nitrogens is 2. The largest absolute Gasteiger partial charge is 0.456 e. The summed E-state index contributed by atoms with van der Waals surface area (Å²) in [5.74, 6) is 0.424. The fourth-order valence-electron chi connectivity index (χ4n) is 0.694. The molecule has 0 atom stereocenters. The van der Waals surface area contributed by atoms with E-state index in [4.69, 9.17) is 0 Å². The van der Waals surface area contributed by atoms with Crippen molar-refractivity contribution in [1.29, 1.82) is 0 Å². The first-order valence-corrected chi connectivity index (χ1v) is 3.41. The molecule has 1 aromatic heterocycles. The van der Waals surface area contributed by atoms with Gasteiger partial charge in [-0.3, -0.25) is 4.98 Å². The van der Waals surface area contributed by atoms with E-state index in [1.165, 1.54) is 0 Å². The van der Waals surface area contributed by atoms with Crippen LogP contribution in [0.2, 0.25) is 0 Å². The number of rotatable bonds is 1. The third kappa shape index (κ3) is 3.11. The Morgan fingerprint density at radius 3 is 2.45 bits per heavy atom. The topological polar surface area (TPSA) is 25.8 Å². The summed E-state index contributed by atoms with van der Waals surface area (Å²) in [4.78, 5) is 8.17. The molecule has 0 amide bonds. The molecule has 0 saturated carbocycles. The SMILES string of the molecule is Cc1cn[c-]c(C(C)C)n1.[W]. The maximum absolute atomic E-state index is 4.25. The van der Waals surface area contributed by atoms with E-state index in [2.05, 4.69) is 30.0 Å². The van der Waals surface area contributed by atoms with Crippen molar-refractivity contribution in [3.8, 4) is 0 Å². The van der Waals surface area contributed by atoms with Gasteiger partial charge in [-0.25, -0.2) is 0 Å². The van der Waals surface area contributed by atoms with Gasteiger partial charge in [-0.1, -0.05) is 13.8 Å². The summed E-state index contributed by atoms with van der Waals surface area (Å²) in [5, 5.41) is 0. The molecule has 0 spiro atoms. The van der Waals surface area contributed by atoms with Gasteiger partial charge in [0, 0.05) is 21.1 Å². The van der Waals surface area contributed by atoms with E-state index in [1.807, 2.05) is 6.92 Å². The van der Waals surface area contributed by atoms with Crippen LogP contribution in [0.3, 0.4) is 0 Å². The summed E-state index contributed by atoms with van der Waals surface area (Å²) in [7, 11) is 0. The molecular formula is C8H11N2W-.